The molecule has 1 amide bonds. The van der Waals surface area contributed by atoms with Crippen molar-refractivity contribution in [1.82, 2.24) is 5.32 Å². The van der Waals surface area contributed by atoms with Gasteiger partial charge >= 0.3 is 0 Å². The van der Waals surface area contributed by atoms with Gasteiger partial charge in [-0.2, -0.15) is 4.65 Å². The van der Waals surface area contributed by atoms with E-state index in [0.717, 1.165) is 0 Å². The molecule has 14 heavy (non-hydrogen) atoms. The molecular weight excluding hydrogens is 180 g/mol. The highest BCUT2D eigenvalue weighted by Gasteiger charge is 2.12. The van der Waals surface area contributed by atoms with Crippen molar-refractivity contribution in [3.8, 4) is 0 Å². The van der Waals surface area contributed by atoms with Gasteiger partial charge in [-0.15, -0.1) is 0 Å². The van der Waals surface area contributed by atoms with Crippen LogP contribution in [0.1, 0.15) is 10.4 Å². The molecule has 4 heteroatoms. The van der Waals surface area contributed by atoms with Gasteiger partial charge < -0.3 is 5.32 Å². The Hall–Kier alpha value is -1.39. The van der Waals surface area contributed by atoms with Crippen molar-refractivity contribution < 1.29 is 14.6 Å². The number of nitrogens with one attached hydrogen (secondary N) is 1. The maximum Gasteiger partial charge on any atom is 0.255 e. The van der Waals surface area contributed by atoms with Gasteiger partial charge in [0.2, 0.25) is 0 Å². The monoisotopic (exact) mass is 195 g/mol. The summed E-state index contributed by atoms with van der Waals surface area (Å²) in [5.74, 6) is -0.175. The summed E-state index contributed by atoms with van der Waals surface area (Å²) in [4.78, 5) is 11.5. The average Bonchev–Trinajstić information content (AvgIpc) is 2.14. The first-order valence-corrected chi connectivity index (χ1v) is 4.38. The third kappa shape index (κ3) is 3.55. The zero-order valence-electron chi connectivity index (χ0n) is 8.40. The fraction of sp³-hybridized carbons (Fsp3) is 0.300. The van der Waals surface area contributed by atoms with E-state index < -0.39 is 0 Å². The van der Waals surface area contributed by atoms with Crippen LogP contribution in [0.3, 0.4) is 0 Å². The fourth-order valence-corrected chi connectivity index (χ4v) is 0.957. The number of quaternary nitrogens is 1. The van der Waals surface area contributed by atoms with Crippen molar-refractivity contribution in [3.63, 3.8) is 0 Å². The number of rotatable bonds is 3. The van der Waals surface area contributed by atoms with Crippen molar-refractivity contribution in [2.45, 2.75) is 0 Å². The third-order valence-corrected chi connectivity index (χ3v) is 1.66. The van der Waals surface area contributed by atoms with Gasteiger partial charge in [0.15, 0.2) is 6.67 Å². The Bertz CT molecular complexity index is 304. The van der Waals surface area contributed by atoms with Crippen LogP contribution in [0.2, 0.25) is 0 Å². The van der Waals surface area contributed by atoms with E-state index in [9.17, 15) is 10.0 Å². The van der Waals surface area contributed by atoms with E-state index in [4.69, 9.17) is 0 Å². The maximum absolute atomic E-state index is 11.5. The van der Waals surface area contributed by atoms with E-state index in [0.29, 0.717) is 5.56 Å². The molecule has 0 aliphatic rings. The third-order valence-electron chi connectivity index (χ3n) is 1.66. The van der Waals surface area contributed by atoms with Gasteiger partial charge in [-0.1, -0.05) is 18.2 Å². The number of hydroxylamine groups is 3. The van der Waals surface area contributed by atoms with E-state index in [-0.39, 0.29) is 17.2 Å². The molecule has 1 aromatic carbocycles. The lowest BCUT2D eigenvalue weighted by atomic mass is 10.2. The quantitative estimate of drug-likeness (QED) is 0.426. The molecule has 0 aliphatic carbocycles. The summed E-state index contributed by atoms with van der Waals surface area (Å²) in [5, 5.41) is 12.0. The van der Waals surface area contributed by atoms with Gasteiger partial charge in [0.05, 0.1) is 14.1 Å². The molecule has 0 saturated heterocycles. The Morgan fingerprint density at radius 3 is 2.43 bits per heavy atom. The minimum Gasteiger partial charge on any atom is -0.303 e. The second-order valence-corrected chi connectivity index (χ2v) is 3.65. The van der Waals surface area contributed by atoms with Crippen molar-refractivity contribution in [2.75, 3.05) is 20.8 Å². The molecule has 0 fully saturated rings. The molecule has 0 bridgehead atoms. The van der Waals surface area contributed by atoms with Crippen LogP contribution in [0.4, 0.5) is 0 Å². The molecule has 0 aromatic heterocycles. The Kier molecular flexibility index (Phi) is 3.22. The molecular formula is C10H15N2O2+. The summed E-state index contributed by atoms with van der Waals surface area (Å²) in [6.07, 6.45) is 0. The number of carbonyl (C=O) groups excluding carboxylic acids is 1. The molecule has 0 unspecified atom stereocenters. The van der Waals surface area contributed by atoms with Crippen molar-refractivity contribution >= 4 is 5.91 Å². The van der Waals surface area contributed by atoms with Gasteiger partial charge in [0, 0.05) is 5.56 Å². The van der Waals surface area contributed by atoms with Gasteiger partial charge in [-0.3, -0.25) is 4.79 Å². The molecule has 0 saturated carbocycles. The Balaban J connectivity index is 2.52. The summed E-state index contributed by atoms with van der Waals surface area (Å²) in [6, 6.07) is 8.91. The number of carbonyl (C=O) groups is 1. The SMILES string of the molecule is C[N+](C)(O)CNC(=O)c1ccccc1. The lowest BCUT2D eigenvalue weighted by Gasteiger charge is -2.19. The molecule has 2 N–H and O–H groups in total. The summed E-state index contributed by atoms with van der Waals surface area (Å²) in [7, 11) is 3.18. The Labute approximate surface area is 83.3 Å². The predicted octanol–water partition coefficient (Wildman–Crippen LogP) is 0.839. The van der Waals surface area contributed by atoms with Crippen LogP contribution in [-0.2, 0) is 0 Å². The zero-order valence-corrected chi connectivity index (χ0v) is 8.40. The molecule has 76 valence electrons. The minimum absolute atomic E-state index is 0.175. The molecule has 0 radical (unpaired) electrons. The van der Waals surface area contributed by atoms with Gasteiger partial charge in [0.25, 0.3) is 5.91 Å². The van der Waals surface area contributed by atoms with Gasteiger partial charge in [-0.25, -0.2) is 5.21 Å². The van der Waals surface area contributed by atoms with Crippen LogP contribution in [0, 0.1) is 0 Å². The maximum atomic E-state index is 11.5. The highest BCUT2D eigenvalue weighted by atomic mass is 16.5. The number of benzene rings is 1. The van der Waals surface area contributed by atoms with E-state index in [1.54, 1.807) is 38.4 Å². The largest absolute Gasteiger partial charge is 0.303 e. The van der Waals surface area contributed by atoms with E-state index in [2.05, 4.69) is 5.32 Å². The number of nitrogens with zero attached hydrogens (tertiary/aromatic N) is 1. The molecule has 1 rings (SSSR count). The van der Waals surface area contributed by atoms with Crippen molar-refractivity contribution in [1.29, 1.82) is 0 Å². The first-order valence-electron chi connectivity index (χ1n) is 4.38. The molecule has 0 heterocycles. The van der Waals surface area contributed by atoms with Gasteiger partial charge in [-0.05, 0) is 12.1 Å². The molecule has 4 nitrogen and oxygen atoms in total. The Morgan fingerprint density at radius 1 is 1.36 bits per heavy atom. The molecule has 0 spiro atoms. The van der Waals surface area contributed by atoms with E-state index >= 15 is 0 Å². The van der Waals surface area contributed by atoms with Crippen LogP contribution >= 0.6 is 0 Å². The fourth-order valence-electron chi connectivity index (χ4n) is 0.957. The lowest BCUT2D eigenvalue weighted by molar-refractivity contribution is -1.07. The van der Waals surface area contributed by atoms with Crippen molar-refractivity contribution in [2.24, 2.45) is 0 Å². The lowest BCUT2D eigenvalue weighted by Crippen LogP contribution is -2.45. The Morgan fingerprint density at radius 2 is 1.93 bits per heavy atom. The number of amides is 1. The summed E-state index contributed by atoms with van der Waals surface area (Å²) < 4.78 is -0.279. The summed E-state index contributed by atoms with van der Waals surface area (Å²) in [6.45, 7) is 0.188. The van der Waals surface area contributed by atoms with Crippen LogP contribution in [0.5, 0.6) is 0 Å². The first-order chi connectivity index (χ1) is 6.49. The molecule has 0 atom stereocenters. The van der Waals surface area contributed by atoms with Crippen LogP contribution in [0.15, 0.2) is 30.3 Å². The highest BCUT2D eigenvalue weighted by Crippen LogP contribution is 1.98. The average molecular weight is 195 g/mol. The second-order valence-electron chi connectivity index (χ2n) is 3.65. The zero-order chi connectivity index (χ0) is 10.6. The van der Waals surface area contributed by atoms with Crippen LogP contribution < -0.4 is 5.32 Å². The topological polar surface area (TPSA) is 49.3 Å². The first kappa shape index (κ1) is 10.7. The molecule has 1 aromatic rings. The van der Waals surface area contributed by atoms with Crippen LogP contribution in [0.25, 0.3) is 0 Å². The molecule has 0 aliphatic heterocycles. The second kappa shape index (κ2) is 4.21. The van der Waals surface area contributed by atoms with Crippen molar-refractivity contribution in [3.05, 3.63) is 35.9 Å². The summed E-state index contributed by atoms with van der Waals surface area (Å²) in [5.41, 5.74) is 0.598. The standard InChI is InChI=1S/C10H14N2O2/c1-12(2,14)8-11-10(13)9-6-4-3-5-7-9/h3-7,14H,8H2,1-2H3/p+1. The smallest absolute Gasteiger partial charge is 0.255 e. The number of hydrogen-bond acceptors (Lipinski definition) is 2. The summed E-state index contributed by atoms with van der Waals surface area (Å²) >= 11 is 0. The van der Waals surface area contributed by atoms with E-state index in [1.165, 1.54) is 0 Å². The van der Waals surface area contributed by atoms with Crippen LogP contribution in [-0.4, -0.2) is 36.5 Å². The predicted molar refractivity (Wildman–Crippen MR) is 52.7 cm³/mol. The number of hydrogen-bond donors (Lipinski definition) is 2. The van der Waals surface area contributed by atoms with E-state index in [1.807, 2.05) is 6.07 Å². The normalized spacial score (nSPS) is 11.1. The van der Waals surface area contributed by atoms with Gasteiger partial charge in [0.1, 0.15) is 0 Å². The highest BCUT2D eigenvalue weighted by molar-refractivity contribution is 5.93. The minimum atomic E-state index is -0.279.